The molecule has 3 nitrogen and oxygen atoms in total. The van der Waals surface area contributed by atoms with Gasteiger partial charge in [0.25, 0.3) is 0 Å². The number of H-pyrrole nitrogens is 2. The average molecular weight is 207 g/mol. The fraction of sp³-hybridized carbons (Fsp3) is 0. The fourth-order valence-electron chi connectivity index (χ4n) is 2.33. The molecule has 2 aromatic carbocycles. The van der Waals surface area contributed by atoms with Gasteiger partial charge in [0.2, 0.25) is 0 Å². The van der Waals surface area contributed by atoms with E-state index in [9.17, 15) is 0 Å². The highest BCUT2D eigenvalue weighted by atomic mass is 15.1. The number of benzene rings is 2. The van der Waals surface area contributed by atoms with Gasteiger partial charge in [0.1, 0.15) is 0 Å². The maximum absolute atomic E-state index is 4.61. The van der Waals surface area contributed by atoms with Gasteiger partial charge in [-0.25, -0.2) is 4.98 Å². The molecule has 0 atom stereocenters. The van der Waals surface area contributed by atoms with Crippen LogP contribution in [0.25, 0.3) is 32.7 Å². The van der Waals surface area contributed by atoms with Gasteiger partial charge in [-0.3, -0.25) is 0 Å². The van der Waals surface area contributed by atoms with Crippen molar-refractivity contribution in [2.45, 2.75) is 0 Å². The molecule has 0 aliphatic carbocycles. The van der Waals surface area contributed by atoms with Gasteiger partial charge in [0, 0.05) is 22.4 Å². The van der Waals surface area contributed by atoms with E-state index in [0.717, 1.165) is 16.6 Å². The lowest BCUT2D eigenvalue weighted by Gasteiger charge is -1.92. The lowest BCUT2D eigenvalue weighted by molar-refractivity contribution is 1.12. The molecule has 0 radical (unpaired) electrons. The second-order valence-electron chi connectivity index (χ2n) is 3.97. The van der Waals surface area contributed by atoms with Gasteiger partial charge < -0.3 is 10.2 Å². The van der Waals surface area contributed by atoms with Gasteiger partial charge in [-0.05, 0) is 18.2 Å². The average Bonchev–Trinajstić information content (AvgIpc) is 2.91. The Bertz CT molecular complexity index is 808. The quantitative estimate of drug-likeness (QED) is 0.457. The van der Waals surface area contributed by atoms with E-state index in [0.29, 0.717) is 0 Å². The van der Waals surface area contributed by atoms with Gasteiger partial charge in [0.15, 0.2) is 0 Å². The molecule has 0 amide bonds. The predicted molar refractivity (Wildman–Crippen MR) is 65.5 cm³/mol. The second kappa shape index (κ2) is 2.64. The van der Waals surface area contributed by atoms with Crippen molar-refractivity contribution in [1.29, 1.82) is 0 Å². The Kier molecular flexibility index (Phi) is 1.31. The van der Waals surface area contributed by atoms with Crippen LogP contribution in [0.2, 0.25) is 0 Å². The van der Waals surface area contributed by atoms with Crippen LogP contribution in [-0.2, 0) is 0 Å². The van der Waals surface area contributed by atoms with Crippen molar-refractivity contribution in [3.05, 3.63) is 42.6 Å². The molecule has 0 saturated carbocycles. The van der Waals surface area contributed by atoms with Gasteiger partial charge in [-0.1, -0.05) is 18.2 Å². The minimum atomic E-state index is 1.05. The summed E-state index contributed by atoms with van der Waals surface area (Å²) in [5, 5.41) is 9.80. The summed E-state index contributed by atoms with van der Waals surface area (Å²) in [5.74, 6) is 0. The molecule has 0 saturated heterocycles. The number of fused-ring (bicyclic) bond motifs is 5. The van der Waals surface area contributed by atoms with Gasteiger partial charge in [0.05, 0.1) is 16.6 Å². The molecule has 2 heterocycles. The van der Waals surface area contributed by atoms with E-state index in [4.69, 9.17) is 0 Å². The summed E-state index contributed by atoms with van der Waals surface area (Å²) in [6.45, 7) is 0. The second-order valence-corrected chi connectivity index (χ2v) is 3.97. The highest BCUT2D eigenvalue weighted by Crippen LogP contribution is 2.30. The summed E-state index contributed by atoms with van der Waals surface area (Å²) >= 11 is 0. The molecule has 4 aromatic rings. The minimum Gasteiger partial charge on any atom is -0.307 e. The number of hydrogen-bond acceptors (Lipinski definition) is 1. The number of nitrogens with zero attached hydrogens (tertiary/aromatic N) is 1. The zero-order chi connectivity index (χ0) is 10.5. The third-order valence-corrected chi connectivity index (χ3v) is 3.05. The first-order valence-electron chi connectivity index (χ1n) is 5.26. The normalized spacial score (nSPS) is 11.8. The van der Waals surface area contributed by atoms with Crippen LogP contribution in [0.1, 0.15) is 0 Å². The Morgan fingerprint density at radius 2 is 1.88 bits per heavy atom. The molecule has 0 unspecified atom stereocenters. The van der Waals surface area contributed by atoms with E-state index in [1.165, 1.54) is 16.2 Å². The monoisotopic (exact) mass is 207 g/mol. The molecule has 0 bridgehead atoms. The number of nitrogens with one attached hydrogen (secondary N) is 2. The third kappa shape index (κ3) is 0.852. The largest absolute Gasteiger partial charge is 0.307 e. The van der Waals surface area contributed by atoms with Crippen molar-refractivity contribution in [1.82, 2.24) is 15.2 Å². The third-order valence-electron chi connectivity index (χ3n) is 3.05. The number of para-hydroxylation sites is 1. The van der Waals surface area contributed by atoms with Crippen LogP contribution in [0.5, 0.6) is 0 Å². The molecule has 3 heteroatoms. The van der Waals surface area contributed by atoms with Gasteiger partial charge in [-0.2, -0.15) is 0 Å². The van der Waals surface area contributed by atoms with Crippen molar-refractivity contribution in [2.75, 3.05) is 0 Å². The molecular weight excluding hydrogens is 198 g/mol. The fourth-order valence-corrected chi connectivity index (χ4v) is 2.33. The van der Waals surface area contributed by atoms with Gasteiger partial charge in [-0.15, -0.1) is 0 Å². The summed E-state index contributed by atoms with van der Waals surface area (Å²) < 4.78 is 0. The zero-order valence-electron chi connectivity index (χ0n) is 8.49. The maximum Gasteiger partial charge on any atom is 0.0738 e. The number of hydrogen-bond donors (Lipinski definition) is 2. The van der Waals surface area contributed by atoms with Crippen molar-refractivity contribution in [2.24, 2.45) is 0 Å². The summed E-state index contributed by atoms with van der Waals surface area (Å²) in [6.07, 6.45) is 1.97. The van der Waals surface area contributed by atoms with Crippen LogP contribution in [0.3, 0.4) is 0 Å². The van der Waals surface area contributed by atoms with Crippen LogP contribution in [0, 0.1) is 0 Å². The van der Waals surface area contributed by atoms with Gasteiger partial charge >= 0.3 is 0 Å². The summed E-state index contributed by atoms with van der Waals surface area (Å²) in [4.78, 5) is 4.61. The summed E-state index contributed by atoms with van der Waals surface area (Å²) in [5.41, 5.74) is 3.23. The molecule has 16 heavy (non-hydrogen) atoms. The summed E-state index contributed by atoms with van der Waals surface area (Å²) in [7, 11) is 0. The highest BCUT2D eigenvalue weighted by molar-refractivity contribution is 6.18. The molecular formula is C13H9N3. The number of rotatable bonds is 0. The maximum atomic E-state index is 4.61. The first kappa shape index (κ1) is 7.93. The Morgan fingerprint density at radius 1 is 0.938 bits per heavy atom. The SMILES string of the molecule is c1ccc2c(c1)nc1ccc3c[nH][nH]c3c12. The molecule has 2 N–H and O–H groups in total. The van der Waals surface area contributed by atoms with E-state index in [1.54, 1.807) is 0 Å². The van der Waals surface area contributed by atoms with Crippen molar-refractivity contribution < 1.29 is 0 Å². The van der Waals surface area contributed by atoms with Crippen molar-refractivity contribution in [3.63, 3.8) is 0 Å². The molecule has 0 spiro atoms. The van der Waals surface area contributed by atoms with E-state index in [2.05, 4.69) is 39.4 Å². The smallest absolute Gasteiger partial charge is 0.0738 e. The molecule has 0 fully saturated rings. The molecule has 4 rings (SSSR count). The Balaban J connectivity index is 2.42. The van der Waals surface area contributed by atoms with E-state index >= 15 is 0 Å². The van der Waals surface area contributed by atoms with E-state index < -0.39 is 0 Å². The van der Waals surface area contributed by atoms with Crippen LogP contribution >= 0.6 is 0 Å². The van der Waals surface area contributed by atoms with Crippen LogP contribution in [0.4, 0.5) is 0 Å². The molecule has 76 valence electrons. The molecule has 0 aliphatic rings. The number of aromatic nitrogens is 3. The zero-order valence-corrected chi connectivity index (χ0v) is 8.49. The first-order valence-corrected chi connectivity index (χ1v) is 5.26. The standard InChI is InChI=1S/C13H9N3/c1-2-4-10-9(3-1)12-11(15-10)6-5-8-7-14-16-13(8)12/h1-7,14,16H. The summed E-state index contributed by atoms with van der Waals surface area (Å²) in [6, 6.07) is 12.4. The topological polar surface area (TPSA) is 44.5 Å². The van der Waals surface area contributed by atoms with Crippen LogP contribution in [-0.4, -0.2) is 15.2 Å². The Morgan fingerprint density at radius 3 is 2.88 bits per heavy atom. The highest BCUT2D eigenvalue weighted by Gasteiger charge is 2.08. The minimum absolute atomic E-state index is 1.05. The van der Waals surface area contributed by atoms with Crippen molar-refractivity contribution in [3.8, 4) is 0 Å². The van der Waals surface area contributed by atoms with Crippen LogP contribution in [0.15, 0.2) is 42.6 Å². The van der Waals surface area contributed by atoms with E-state index in [1.807, 2.05) is 18.3 Å². The first-order chi connectivity index (χ1) is 7.93. The van der Waals surface area contributed by atoms with E-state index in [-0.39, 0.29) is 0 Å². The molecule has 0 aliphatic heterocycles. The Hall–Kier alpha value is -2.29. The Labute approximate surface area is 91.1 Å². The molecule has 2 aromatic heterocycles. The van der Waals surface area contributed by atoms with Crippen molar-refractivity contribution >= 4 is 32.7 Å². The van der Waals surface area contributed by atoms with Crippen LogP contribution < -0.4 is 0 Å². The lowest BCUT2D eigenvalue weighted by Crippen LogP contribution is -1.71. The lowest BCUT2D eigenvalue weighted by atomic mass is 10.1. The predicted octanol–water partition coefficient (Wildman–Crippen LogP) is 3.20. The number of aromatic amines is 2.